The molecule has 2 aromatic carbocycles. The van der Waals surface area contributed by atoms with E-state index in [2.05, 4.69) is 5.16 Å². The van der Waals surface area contributed by atoms with Crippen LogP contribution in [0, 0.1) is 10.1 Å². The van der Waals surface area contributed by atoms with E-state index in [0.29, 0.717) is 27.6 Å². The molecule has 0 unspecified atom stereocenters. The lowest BCUT2D eigenvalue weighted by Crippen LogP contribution is -1.90. The van der Waals surface area contributed by atoms with Gasteiger partial charge in [-0.2, -0.15) is 0 Å². The number of hydrogen-bond acceptors (Lipinski definition) is 5. The van der Waals surface area contributed by atoms with Crippen LogP contribution in [0.25, 0.3) is 22.6 Å². The molecule has 0 bridgehead atoms. The van der Waals surface area contributed by atoms with Crippen LogP contribution in [-0.4, -0.2) is 15.2 Å². The van der Waals surface area contributed by atoms with Gasteiger partial charge in [0.2, 0.25) is 0 Å². The van der Waals surface area contributed by atoms with Gasteiger partial charge in [0.05, 0.1) is 17.1 Å². The largest absolute Gasteiger partial charge is 0.391 e. The SMILES string of the molecule is O=[N+]([O-])c1ccc(-c2onc(-c3ccc(Cl)cc3)c2CO)cc1. The molecule has 0 spiro atoms. The average Bonchev–Trinajstić information content (AvgIpc) is 2.99. The summed E-state index contributed by atoms with van der Waals surface area (Å²) in [6.45, 7) is -0.270. The van der Waals surface area contributed by atoms with E-state index in [4.69, 9.17) is 16.1 Å². The summed E-state index contributed by atoms with van der Waals surface area (Å²) in [5.74, 6) is 0.382. The minimum Gasteiger partial charge on any atom is -0.391 e. The summed E-state index contributed by atoms with van der Waals surface area (Å²) in [6, 6.07) is 12.9. The Morgan fingerprint density at radius 3 is 2.26 bits per heavy atom. The van der Waals surface area contributed by atoms with Crippen molar-refractivity contribution in [2.75, 3.05) is 0 Å². The zero-order valence-corrected chi connectivity index (χ0v) is 12.5. The van der Waals surface area contributed by atoms with Crippen molar-refractivity contribution in [1.29, 1.82) is 0 Å². The van der Waals surface area contributed by atoms with E-state index in [1.54, 1.807) is 36.4 Å². The summed E-state index contributed by atoms with van der Waals surface area (Å²) in [7, 11) is 0. The number of rotatable bonds is 4. The van der Waals surface area contributed by atoms with Gasteiger partial charge in [-0.25, -0.2) is 0 Å². The molecule has 0 atom stereocenters. The number of halogens is 1. The smallest absolute Gasteiger partial charge is 0.269 e. The normalized spacial score (nSPS) is 10.7. The maximum absolute atomic E-state index is 10.7. The molecule has 0 saturated heterocycles. The number of benzene rings is 2. The van der Waals surface area contributed by atoms with Crippen molar-refractivity contribution in [2.24, 2.45) is 0 Å². The Morgan fingerprint density at radius 2 is 1.70 bits per heavy atom. The molecule has 0 saturated carbocycles. The third-order valence-corrected chi connectivity index (χ3v) is 3.66. The lowest BCUT2D eigenvalue weighted by atomic mass is 10.0. The second-order valence-electron chi connectivity index (χ2n) is 4.81. The molecule has 3 rings (SSSR count). The lowest BCUT2D eigenvalue weighted by Gasteiger charge is -2.01. The number of nitrogens with zero attached hydrogens (tertiary/aromatic N) is 2. The van der Waals surface area contributed by atoms with Gasteiger partial charge in [0.25, 0.3) is 5.69 Å². The number of aliphatic hydroxyl groups is 1. The molecule has 23 heavy (non-hydrogen) atoms. The zero-order valence-electron chi connectivity index (χ0n) is 11.8. The summed E-state index contributed by atoms with van der Waals surface area (Å²) in [5.41, 5.74) is 2.37. The fourth-order valence-corrected chi connectivity index (χ4v) is 2.38. The van der Waals surface area contributed by atoms with Crippen LogP contribution in [0.3, 0.4) is 0 Å². The third kappa shape index (κ3) is 2.94. The molecular formula is C16H11ClN2O4. The Balaban J connectivity index is 2.04. The molecule has 1 heterocycles. The van der Waals surface area contributed by atoms with Crippen LogP contribution < -0.4 is 0 Å². The van der Waals surface area contributed by atoms with Gasteiger partial charge >= 0.3 is 0 Å². The van der Waals surface area contributed by atoms with Gasteiger partial charge in [0.1, 0.15) is 5.69 Å². The highest BCUT2D eigenvalue weighted by Gasteiger charge is 2.19. The van der Waals surface area contributed by atoms with E-state index in [-0.39, 0.29) is 12.3 Å². The Bertz CT molecular complexity index is 842. The topological polar surface area (TPSA) is 89.4 Å². The van der Waals surface area contributed by atoms with E-state index in [0.717, 1.165) is 5.56 Å². The third-order valence-electron chi connectivity index (χ3n) is 3.40. The summed E-state index contributed by atoms with van der Waals surface area (Å²) in [6.07, 6.45) is 0. The van der Waals surface area contributed by atoms with Gasteiger partial charge in [-0.1, -0.05) is 28.9 Å². The summed E-state index contributed by atoms with van der Waals surface area (Å²) in [4.78, 5) is 10.2. The van der Waals surface area contributed by atoms with Crippen molar-refractivity contribution in [3.8, 4) is 22.6 Å². The van der Waals surface area contributed by atoms with Gasteiger partial charge < -0.3 is 9.63 Å². The monoisotopic (exact) mass is 330 g/mol. The van der Waals surface area contributed by atoms with Gasteiger partial charge in [-0.15, -0.1) is 0 Å². The zero-order chi connectivity index (χ0) is 16.4. The minimum absolute atomic E-state index is 0.0169. The second-order valence-corrected chi connectivity index (χ2v) is 5.24. The molecule has 0 aliphatic heterocycles. The van der Waals surface area contributed by atoms with Crippen LogP contribution in [-0.2, 0) is 6.61 Å². The number of aromatic nitrogens is 1. The number of aliphatic hydroxyl groups excluding tert-OH is 1. The predicted octanol–water partition coefficient (Wildman–Crippen LogP) is 4.06. The van der Waals surface area contributed by atoms with E-state index in [9.17, 15) is 15.2 Å². The first-order valence-electron chi connectivity index (χ1n) is 6.70. The molecule has 0 aliphatic rings. The number of hydrogen-bond donors (Lipinski definition) is 1. The molecular weight excluding hydrogens is 320 g/mol. The number of nitro groups is 1. The van der Waals surface area contributed by atoms with Crippen molar-refractivity contribution in [1.82, 2.24) is 5.16 Å². The quantitative estimate of drug-likeness (QED) is 0.575. The summed E-state index contributed by atoms with van der Waals surface area (Å²) in [5, 5.41) is 25.0. The molecule has 116 valence electrons. The maximum Gasteiger partial charge on any atom is 0.269 e. The first-order chi connectivity index (χ1) is 11.1. The number of nitro benzene ring substituents is 1. The fraction of sp³-hybridized carbons (Fsp3) is 0.0625. The van der Waals surface area contributed by atoms with Crippen molar-refractivity contribution in [3.63, 3.8) is 0 Å². The van der Waals surface area contributed by atoms with Crippen LogP contribution in [0.5, 0.6) is 0 Å². The molecule has 1 aromatic heterocycles. The molecule has 3 aromatic rings. The molecule has 7 heteroatoms. The Morgan fingerprint density at radius 1 is 1.09 bits per heavy atom. The second kappa shape index (κ2) is 6.20. The van der Waals surface area contributed by atoms with E-state index in [1.807, 2.05) is 0 Å². The lowest BCUT2D eigenvalue weighted by molar-refractivity contribution is -0.384. The van der Waals surface area contributed by atoms with Gasteiger partial charge in [0.15, 0.2) is 5.76 Å². The first-order valence-corrected chi connectivity index (χ1v) is 7.08. The van der Waals surface area contributed by atoms with E-state index < -0.39 is 4.92 Å². The van der Waals surface area contributed by atoms with Crippen LogP contribution in [0.15, 0.2) is 53.1 Å². The summed E-state index contributed by atoms with van der Waals surface area (Å²) < 4.78 is 5.34. The molecule has 0 radical (unpaired) electrons. The summed E-state index contributed by atoms with van der Waals surface area (Å²) >= 11 is 5.87. The Kier molecular flexibility index (Phi) is 4.10. The van der Waals surface area contributed by atoms with Crippen LogP contribution in [0.4, 0.5) is 5.69 Å². The van der Waals surface area contributed by atoms with Crippen molar-refractivity contribution in [2.45, 2.75) is 6.61 Å². The molecule has 0 aliphatic carbocycles. The van der Waals surface area contributed by atoms with Crippen LogP contribution >= 0.6 is 11.6 Å². The predicted molar refractivity (Wildman–Crippen MR) is 85.0 cm³/mol. The Labute approximate surface area is 136 Å². The van der Waals surface area contributed by atoms with Crippen LogP contribution in [0.2, 0.25) is 5.02 Å². The van der Waals surface area contributed by atoms with Gasteiger partial charge in [-0.3, -0.25) is 10.1 Å². The highest BCUT2D eigenvalue weighted by molar-refractivity contribution is 6.30. The van der Waals surface area contributed by atoms with E-state index in [1.165, 1.54) is 12.1 Å². The number of non-ortho nitro benzene ring substituents is 1. The maximum atomic E-state index is 10.7. The Hall–Kier alpha value is -2.70. The molecule has 1 N–H and O–H groups in total. The van der Waals surface area contributed by atoms with Crippen molar-refractivity contribution >= 4 is 17.3 Å². The van der Waals surface area contributed by atoms with Crippen LogP contribution in [0.1, 0.15) is 5.56 Å². The van der Waals surface area contributed by atoms with Crippen molar-refractivity contribution in [3.05, 3.63) is 69.2 Å². The van der Waals surface area contributed by atoms with E-state index >= 15 is 0 Å². The van der Waals surface area contributed by atoms with Gasteiger partial charge in [-0.05, 0) is 24.3 Å². The molecule has 0 fully saturated rings. The van der Waals surface area contributed by atoms with Crippen molar-refractivity contribution < 1.29 is 14.6 Å². The standard InChI is InChI=1S/C16H11ClN2O4/c17-12-5-1-10(2-6-12)15-14(9-20)16(23-18-15)11-3-7-13(8-4-11)19(21)22/h1-8,20H,9H2. The minimum atomic E-state index is -0.476. The fourth-order valence-electron chi connectivity index (χ4n) is 2.25. The highest BCUT2D eigenvalue weighted by atomic mass is 35.5. The highest BCUT2D eigenvalue weighted by Crippen LogP contribution is 2.33. The first kappa shape index (κ1) is 15.2. The van der Waals surface area contributed by atoms with Gasteiger partial charge in [0, 0.05) is 28.3 Å². The molecule has 0 amide bonds. The average molecular weight is 331 g/mol. The molecule has 6 nitrogen and oxygen atoms in total.